The van der Waals surface area contributed by atoms with Crippen LogP contribution >= 0.6 is 0 Å². The first-order valence-electron chi connectivity index (χ1n) is 8.80. The van der Waals surface area contributed by atoms with Crippen molar-refractivity contribution < 1.29 is 9.69 Å². The van der Waals surface area contributed by atoms with Gasteiger partial charge in [0.2, 0.25) is 0 Å². The SMILES string of the molecule is Cc1ccc([C@@H](C)NC(=O)C[NH+]2CCc3ccccc3C2)cc1C. The van der Waals surface area contributed by atoms with Gasteiger partial charge in [0.1, 0.15) is 6.54 Å². The van der Waals surface area contributed by atoms with Crippen molar-refractivity contribution >= 4 is 5.91 Å². The van der Waals surface area contributed by atoms with Crippen LogP contribution in [-0.4, -0.2) is 19.0 Å². The van der Waals surface area contributed by atoms with Gasteiger partial charge in [-0.25, -0.2) is 0 Å². The number of aryl methyl sites for hydroxylation is 2. The molecule has 3 nitrogen and oxygen atoms in total. The molecule has 0 bridgehead atoms. The van der Waals surface area contributed by atoms with Gasteiger partial charge < -0.3 is 10.2 Å². The number of benzene rings is 2. The summed E-state index contributed by atoms with van der Waals surface area (Å²) in [5, 5.41) is 3.15. The highest BCUT2D eigenvalue weighted by Gasteiger charge is 2.22. The third-order valence-corrected chi connectivity index (χ3v) is 5.13. The lowest BCUT2D eigenvalue weighted by Crippen LogP contribution is -3.12. The molecule has 126 valence electrons. The van der Waals surface area contributed by atoms with Gasteiger partial charge in [-0.3, -0.25) is 4.79 Å². The van der Waals surface area contributed by atoms with Crippen LogP contribution in [0.5, 0.6) is 0 Å². The molecule has 0 aliphatic carbocycles. The molecule has 1 aliphatic heterocycles. The molecular weight excluding hydrogens is 296 g/mol. The number of quaternary nitrogens is 1. The average molecular weight is 323 g/mol. The Bertz CT molecular complexity index is 738. The van der Waals surface area contributed by atoms with Gasteiger partial charge in [0, 0.05) is 12.0 Å². The van der Waals surface area contributed by atoms with Gasteiger partial charge in [-0.1, -0.05) is 42.5 Å². The van der Waals surface area contributed by atoms with E-state index in [1.165, 1.54) is 32.7 Å². The third-order valence-electron chi connectivity index (χ3n) is 5.13. The Morgan fingerprint density at radius 3 is 2.62 bits per heavy atom. The molecule has 2 aromatic rings. The van der Waals surface area contributed by atoms with Gasteiger partial charge in [0.05, 0.1) is 12.6 Å². The number of carbonyl (C=O) groups excluding carboxylic acids is 1. The summed E-state index contributed by atoms with van der Waals surface area (Å²) >= 11 is 0. The van der Waals surface area contributed by atoms with Crippen molar-refractivity contribution in [3.8, 4) is 0 Å². The van der Waals surface area contributed by atoms with E-state index in [0.29, 0.717) is 6.54 Å². The van der Waals surface area contributed by atoms with Gasteiger partial charge in [-0.2, -0.15) is 0 Å². The number of amides is 1. The van der Waals surface area contributed by atoms with Crippen molar-refractivity contribution in [1.82, 2.24) is 5.32 Å². The van der Waals surface area contributed by atoms with E-state index in [1.807, 2.05) is 0 Å². The van der Waals surface area contributed by atoms with E-state index >= 15 is 0 Å². The smallest absolute Gasteiger partial charge is 0.275 e. The molecule has 2 atom stereocenters. The van der Waals surface area contributed by atoms with Gasteiger partial charge >= 0.3 is 0 Å². The predicted molar refractivity (Wildman–Crippen MR) is 97.0 cm³/mol. The van der Waals surface area contributed by atoms with Crippen LogP contribution < -0.4 is 10.2 Å². The summed E-state index contributed by atoms with van der Waals surface area (Å²) < 4.78 is 0. The first-order chi connectivity index (χ1) is 11.5. The van der Waals surface area contributed by atoms with Crippen molar-refractivity contribution in [2.45, 2.75) is 39.8 Å². The number of carbonyl (C=O) groups is 1. The van der Waals surface area contributed by atoms with E-state index in [0.717, 1.165) is 19.5 Å². The van der Waals surface area contributed by atoms with E-state index in [9.17, 15) is 4.79 Å². The highest BCUT2D eigenvalue weighted by molar-refractivity contribution is 5.77. The van der Waals surface area contributed by atoms with E-state index < -0.39 is 0 Å². The maximum Gasteiger partial charge on any atom is 0.275 e. The molecule has 0 radical (unpaired) electrons. The van der Waals surface area contributed by atoms with E-state index in [4.69, 9.17) is 0 Å². The molecule has 3 heteroatoms. The summed E-state index contributed by atoms with van der Waals surface area (Å²) in [6.07, 6.45) is 1.06. The van der Waals surface area contributed by atoms with E-state index in [1.54, 1.807) is 0 Å². The van der Waals surface area contributed by atoms with Gasteiger partial charge in [0.25, 0.3) is 5.91 Å². The molecule has 1 heterocycles. The number of rotatable bonds is 4. The number of fused-ring (bicyclic) bond motifs is 1. The van der Waals surface area contributed by atoms with Crippen molar-refractivity contribution in [3.05, 3.63) is 70.3 Å². The highest BCUT2D eigenvalue weighted by atomic mass is 16.2. The molecule has 0 saturated heterocycles. The summed E-state index contributed by atoms with van der Waals surface area (Å²) in [6, 6.07) is 15.0. The molecule has 0 saturated carbocycles. The molecule has 1 aliphatic rings. The molecule has 0 aromatic heterocycles. The number of hydrogen-bond acceptors (Lipinski definition) is 1. The minimum absolute atomic E-state index is 0.0493. The minimum Gasteiger partial charge on any atom is -0.345 e. The van der Waals surface area contributed by atoms with Gasteiger partial charge in [0.15, 0.2) is 6.54 Å². The van der Waals surface area contributed by atoms with Crippen LogP contribution in [0.2, 0.25) is 0 Å². The average Bonchev–Trinajstić information content (AvgIpc) is 2.57. The molecular formula is C21H27N2O+. The standard InChI is InChI=1S/C21H26N2O/c1-15-8-9-19(12-16(15)2)17(3)22-21(24)14-23-11-10-18-6-4-5-7-20(18)13-23/h4-9,12,17H,10-11,13-14H2,1-3H3,(H,22,24)/p+1/t17-/m1/s1. The largest absolute Gasteiger partial charge is 0.345 e. The maximum atomic E-state index is 12.4. The zero-order valence-corrected chi connectivity index (χ0v) is 14.9. The molecule has 2 N–H and O–H groups in total. The Kier molecular flexibility index (Phi) is 5.00. The zero-order valence-electron chi connectivity index (χ0n) is 14.9. The quantitative estimate of drug-likeness (QED) is 0.888. The lowest BCUT2D eigenvalue weighted by molar-refractivity contribution is -0.908. The monoisotopic (exact) mass is 323 g/mol. The Hall–Kier alpha value is -2.13. The topological polar surface area (TPSA) is 33.5 Å². The predicted octanol–water partition coefficient (Wildman–Crippen LogP) is 2.12. The molecule has 2 aromatic carbocycles. The summed E-state index contributed by atoms with van der Waals surface area (Å²) in [7, 11) is 0. The van der Waals surface area contributed by atoms with Crippen molar-refractivity contribution in [3.63, 3.8) is 0 Å². The van der Waals surface area contributed by atoms with Crippen LogP contribution in [0.15, 0.2) is 42.5 Å². The van der Waals surface area contributed by atoms with E-state index in [-0.39, 0.29) is 11.9 Å². The normalized spacial score (nSPS) is 17.9. The number of nitrogens with one attached hydrogen (secondary N) is 2. The second-order valence-corrected chi connectivity index (χ2v) is 7.01. The Morgan fingerprint density at radius 1 is 1.12 bits per heavy atom. The Morgan fingerprint density at radius 2 is 1.88 bits per heavy atom. The second-order valence-electron chi connectivity index (χ2n) is 7.01. The molecule has 1 unspecified atom stereocenters. The Balaban J connectivity index is 1.57. The van der Waals surface area contributed by atoms with Gasteiger partial charge in [-0.15, -0.1) is 0 Å². The molecule has 1 amide bonds. The van der Waals surface area contributed by atoms with Crippen LogP contribution in [0.3, 0.4) is 0 Å². The lowest BCUT2D eigenvalue weighted by Gasteiger charge is -2.26. The van der Waals surface area contributed by atoms with Crippen LogP contribution in [-0.2, 0) is 17.8 Å². The van der Waals surface area contributed by atoms with Gasteiger partial charge in [-0.05, 0) is 43.0 Å². The van der Waals surface area contributed by atoms with Crippen molar-refractivity contribution in [2.24, 2.45) is 0 Å². The van der Waals surface area contributed by atoms with Crippen LogP contribution in [0, 0.1) is 13.8 Å². The first kappa shape index (κ1) is 16.7. The fourth-order valence-electron chi connectivity index (χ4n) is 3.43. The van der Waals surface area contributed by atoms with Crippen LogP contribution in [0.1, 0.15) is 40.8 Å². The summed E-state index contributed by atoms with van der Waals surface area (Å²) in [4.78, 5) is 13.8. The molecule has 3 rings (SSSR count). The summed E-state index contributed by atoms with van der Waals surface area (Å²) in [6.45, 7) is 8.80. The number of hydrogen-bond donors (Lipinski definition) is 2. The first-order valence-corrected chi connectivity index (χ1v) is 8.80. The highest BCUT2D eigenvalue weighted by Crippen LogP contribution is 2.16. The van der Waals surface area contributed by atoms with E-state index in [2.05, 4.69) is 68.6 Å². The zero-order chi connectivity index (χ0) is 17.1. The molecule has 0 fully saturated rings. The molecule has 0 spiro atoms. The third kappa shape index (κ3) is 3.85. The lowest BCUT2D eigenvalue weighted by atomic mass is 10.00. The summed E-state index contributed by atoms with van der Waals surface area (Å²) in [5.74, 6) is 0.134. The second kappa shape index (κ2) is 7.18. The van der Waals surface area contributed by atoms with Crippen LogP contribution in [0.25, 0.3) is 0 Å². The molecule has 24 heavy (non-hydrogen) atoms. The minimum atomic E-state index is 0.0493. The maximum absolute atomic E-state index is 12.4. The van der Waals surface area contributed by atoms with Crippen LogP contribution in [0.4, 0.5) is 0 Å². The Labute approximate surface area is 144 Å². The fraction of sp³-hybridized carbons (Fsp3) is 0.381. The van der Waals surface area contributed by atoms with Crippen molar-refractivity contribution in [1.29, 1.82) is 0 Å². The fourth-order valence-corrected chi connectivity index (χ4v) is 3.43. The summed E-state index contributed by atoms with van der Waals surface area (Å²) in [5.41, 5.74) is 6.55. The van der Waals surface area contributed by atoms with Crippen molar-refractivity contribution in [2.75, 3.05) is 13.1 Å².